The van der Waals surface area contributed by atoms with Crippen LogP contribution in [0.2, 0.25) is 5.15 Å². The van der Waals surface area contributed by atoms with Crippen LogP contribution in [0.25, 0.3) is 0 Å². The Morgan fingerprint density at radius 3 is 2.39 bits per heavy atom. The van der Waals surface area contributed by atoms with Crippen molar-refractivity contribution in [1.82, 2.24) is 4.98 Å². The average molecular weight is 269 g/mol. The van der Waals surface area contributed by atoms with E-state index in [0.717, 1.165) is 12.1 Å². The van der Waals surface area contributed by atoms with E-state index in [9.17, 15) is 13.6 Å². The first-order chi connectivity index (χ1) is 8.58. The molecular formula is C12H7ClF2N2O. The van der Waals surface area contributed by atoms with Crippen molar-refractivity contribution in [2.45, 2.75) is 0 Å². The van der Waals surface area contributed by atoms with Crippen LogP contribution in [0.5, 0.6) is 0 Å². The number of amides is 1. The van der Waals surface area contributed by atoms with Gasteiger partial charge in [0.15, 0.2) is 0 Å². The Bertz CT molecular complexity index is 567. The number of nitrogens with one attached hydrogen (secondary N) is 1. The van der Waals surface area contributed by atoms with Gasteiger partial charge in [-0.2, -0.15) is 0 Å². The molecule has 0 unspecified atom stereocenters. The number of rotatable bonds is 2. The standard InChI is InChI=1S/C12H7ClF2N2O/c13-10-5-4-7(6-16-10)12(18)17-11-8(14)2-1-3-9(11)15/h1-6H,(H,17,18). The predicted molar refractivity (Wildman–Crippen MR) is 63.6 cm³/mol. The average Bonchev–Trinajstić information content (AvgIpc) is 2.34. The van der Waals surface area contributed by atoms with E-state index in [0.29, 0.717) is 0 Å². The van der Waals surface area contributed by atoms with Crippen LogP contribution in [0.4, 0.5) is 14.5 Å². The van der Waals surface area contributed by atoms with Crippen LogP contribution in [0, 0.1) is 11.6 Å². The SMILES string of the molecule is O=C(Nc1c(F)cccc1F)c1ccc(Cl)nc1. The topological polar surface area (TPSA) is 42.0 Å². The lowest BCUT2D eigenvalue weighted by molar-refractivity contribution is 0.102. The molecular weight excluding hydrogens is 262 g/mol. The highest BCUT2D eigenvalue weighted by Crippen LogP contribution is 2.19. The third kappa shape index (κ3) is 2.62. The molecule has 0 aliphatic heterocycles. The van der Waals surface area contributed by atoms with Gasteiger partial charge in [-0.3, -0.25) is 4.79 Å². The number of anilines is 1. The lowest BCUT2D eigenvalue weighted by Crippen LogP contribution is -2.14. The van der Waals surface area contributed by atoms with E-state index in [1.807, 2.05) is 0 Å². The molecule has 2 rings (SSSR count). The quantitative estimate of drug-likeness (QED) is 0.850. The molecule has 92 valence electrons. The summed E-state index contributed by atoms with van der Waals surface area (Å²) < 4.78 is 26.6. The zero-order valence-electron chi connectivity index (χ0n) is 8.95. The second-order valence-corrected chi connectivity index (χ2v) is 3.81. The largest absolute Gasteiger partial charge is 0.317 e. The van der Waals surface area contributed by atoms with Gasteiger partial charge in [0.05, 0.1) is 5.56 Å². The van der Waals surface area contributed by atoms with E-state index in [-0.39, 0.29) is 10.7 Å². The number of carbonyl (C=O) groups is 1. The maximum absolute atomic E-state index is 13.3. The minimum absolute atomic E-state index is 0.155. The van der Waals surface area contributed by atoms with Gasteiger partial charge in [0, 0.05) is 6.20 Å². The highest BCUT2D eigenvalue weighted by molar-refractivity contribution is 6.29. The highest BCUT2D eigenvalue weighted by Gasteiger charge is 2.13. The van der Waals surface area contributed by atoms with Crippen LogP contribution in [0.15, 0.2) is 36.5 Å². The van der Waals surface area contributed by atoms with Crippen molar-refractivity contribution in [3.8, 4) is 0 Å². The molecule has 0 aliphatic carbocycles. The second kappa shape index (κ2) is 5.10. The van der Waals surface area contributed by atoms with Gasteiger partial charge in [0.25, 0.3) is 5.91 Å². The number of benzene rings is 1. The van der Waals surface area contributed by atoms with Gasteiger partial charge < -0.3 is 5.32 Å². The first kappa shape index (κ1) is 12.4. The molecule has 0 saturated heterocycles. The molecule has 3 nitrogen and oxygen atoms in total. The summed E-state index contributed by atoms with van der Waals surface area (Å²) in [5.74, 6) is -2.35. The fourth-order valence-corrected chi connectivity index (χ4v) is 1.42. The molecule has 6 heteroatoms. The van der Waals surface area contributed by atoms with Gasteiger partial charge in [-0.1, -0.05) is 17.7 Å². The van der Waals surface area contributed by atoms with Crippen LogP contribution >= 0.6 is 11.6 Å². The van der Waals surface area contributed by atoms with E-state index in [4.69, 9.17) is 11.6 Å². The number of para-hydroxylation sites is 1. The Morgan fingerprint density at radius 1 is 1.17 bits per heavy atom. The van der Waals surface area contributed by atoms with Crippen LogP contribution < -0.4 is 5.32 Å². The first-order valence-corrected chi connectivity index (χ1v) is 5.32. The summed E-state index contributed by atoms with van der Waals surface area (Å²) in [7, 11) is 0. The maximum atomic E-state index is 13.3. The number of hydrogen-bond donors (Lipinski definition) is 1. The third-order valence-electron chi connectivity index (χ3n) is 2.19. The van der Waals surface area contributed by atoms with Gasteiger partial charge in [-0.25, -0.2) is 13.8 Å². The minimum Gasteiger partial charge on any atom is -0.317 e. The summed E-state index contributed by atoms with van der Waals surface area (Å²) in [6.45, 7) is 0. The third-order valence-corrected chi connectivity index (χ3v) is 2.41. The minimum atomic E-state index is -0.842. The lowest BCUT2D eigenvalue weighted by Gasteiger charge is -2.07. The Morgan fingerprint density at radius 2 is 1.83 bits per heavy atom. The molecule has 0 bridgehead atoms. The first-order valence-electron chi connectivity index (χ1n) is 4.95. The molecule has 0 fully saturated rings. The van der Waals surface area contributed by atoms with Gasteiger partial charge in [-0.15, -0.1) is 0 Å². The van der Waals surface area contributed by atoms with Crippen molar-refractivity contribution in [3.63, 3.8) is 0 Å². The Balaban J connectivity index is 2.24. The van der Waals surface area contributed by atoms with Crippen LogP contribution in [0.3, 0.4) is 0 Å². The molecule has 0 atom stereocenters. The highest BCUT2D eigenvalue weighted by atomic mass is 35.5. The number of aromatic nitrogens is 1. The molecule has 1 N–H and O–H groups in total. The number of halogens is 3. The summed E-state index contributed by atoms with van der Waals surface area (Å²) in [5.41, 5.74) is -0.334. The van der Waals surface area contributed by atoms with E-state index in [1.165, 1.54) is 24.4 Å². The van der Waals surface area contributed by atoms with Crippen LogP contribution in [-0.4, -0.2) is 10.9 Å². The molecule has 0 radical (unpaired) electrons. The number of carbonyl (C=O) groups excluding carboxylic acids is 1. The zero-order chi connectivity index (χ0) is 13.1. The Labute approximate surface area is 106 Å². The summed E-state index contributed by atoms with van der Waals surface area (Å²) >= 11 is 5.56. The van der Waals surface area contributed by atoms with Gasteiger partial charge in [0.2, 0.25) is 0 Å². The van der Waals surface area contributed by atoms with Gasteiger partial charge >= 0.3 is 0 Å². The molecule has 1 aromatic carbocycles. The molecule has 2 aromatic rings. The summed E-state index contributed by atoms with van der Waals surface area (Å²) in [6, 6.07) is 6.14. The van der Waals surface area contributed by atoms with Gasteiger partial charge in [-0.05, 0) is 24.3 Å². The summed E-state index contributed by atoms with van der Waals surface area (Å²) in [4.78, 5) is 15.4. The maximum Gasteiger partial charge on any atom is 0.257 e. The molecule has 0 aliphatic rings. The van der Waals surface area contributed by atoms with E-state index in [1.54, 1.807) is 0 Å². The summed E-state index contributed by atoms with van der Waals surface area (Å²) in [6.07, 6.45) is 1.22. The Kier molecular flexibility index (Phi) is 3.53. The normalized spacial score (nSPS) is 10.2. The second-order valence-electron chi connectivity index (χ2n) is 3.42. The molecule has 1 aromatic heterocycles. The van der Waals surface area contributed by atoms with E-state index >= 15 is 0 Å². The zero-order valence-corrected chi connectivity index (χ0v) is 9.71. The molecule has 1 heterocycles. The predicted octanol–water partition coefficient (Wildman–Crippen LogP) is 3.27. The molecule has 0 saturated carbocycles. The number of pyridine rings is 1. The summed E-state index contributed by atoms with van der Waals surface area (Å²) in [5, 5.41) is 2.37. The number of hydrogen-bond acceptors (Lipinski definition) is 2. The van der Waals surface area contributed by atoms with Crippen LogP contribution in [0.1, 0.15) is 10.4 Å². The molecule has 18 heavy (non-hydrogen) atoms. The van der Waals surface area contributed by atoms with Crippen molar-refractivity contribution in [2.75, 3.05) is 5.32 Å². The number of nitrogens with zero attached hydrogens (tertiary/aromatic N) is 1. The smallest absolute Gasteiger partial charge is 0.257 e. The lowest BCUT2D eigenvalue weighted by atomic mass is 10.2. The fraction of sp³-hybridized carbons (Fsp3) is 0. The van der Waals surface area contributed by atoms with Crippen molar-refractivity contribution in [1.29, 1.82) is 0 Å². The monoisotopic (exact) mass is 268 g/mol. The van der Waals surface area contributed by atoms with Crippen molar-refractivity contribution < 1.29 is 13.6 Å². The molecule has 1 amide bonds. The molecule has 0 spiro atoms. The van der Waals surface area contributed by atoms with Crippen LogP contribution in [-0.2, 0) is 0 Å². The van der Waals surface area contributed by atoms with Crippen molar-refractivity contribution in [2.24, 2.45) is 0 Å². The van der Waals surface area contributed by atoms with E-state index < -0.39 is 23.2 Å². The van der Waals surface area contributed by atoms with Gasteiger partial charge in [0.1, 0.15) is 22.5 Å². The fourth-order valence-electron chi connectivity index (χ4n) is 1.31. The van der Waals surface area contributed by atoms with Crippen molar-refractivity contribution >= 4 is 23.2 Å². The Hall–Kier alpha value is -2.01. The van der Waals surface area contributed by atoms with Crippen molar-refractivity contribution in [3.05, 3.63) is 58.9 Å². The van der Waals surface area contributed by atoms with E-state index in [2.05, 4.69) is 10.3 Å².